The molecule has 0 aliphatic rings. The standard InChI is InChI=1S/C21H24N4O6S/c1-14(30-18-11-7-16(8-12-18)25(2)32(4,27)28)21(26)22-13-19-23-20(24-31-19)15-5-9-17(29-3)10-6-15/h5-12,14H,13H2,1-4H3,(H,22,26)/t14-/m1/s1. The first-order valence-electron chi connectivity index (χ1n) is 9.62. The van der Waals surface area contributed by atoms with Crippen LogP contribution in [0, 0.1) is 0 Å². The number of rotatable bonds is 9. The van der Waals surface area contributed by atoms with E-state index in [0.717, 1.165) is 21.9 Å². The van der Waals surface area contributed by atoms with Gasteiger partial charge in [-0.15, -0.1) is 0 Å². The van der Waals surface area contributed by atoms with E-state index >= 15 is 0 Å². The minimum absolute atomic E-state index is 0.0494. The Morgan fingerprint density at radius 2 is 1.75 bits per heavy atom. The molecule has 0 radical (unpaired) electrons. The predicted molar refractivity (Wildman–Crippen MR) is 118 cm³/mol. The van der Waals surface area contributed by atoms with Crippen LogP contribution in [0.5, 0.6) is 11.5 Å². The molecule has 1 amide bonds. The van der Waals surface area contributed by atoms with Crippen LogP contribution in [0.2, 0.25) is 0 Å². The number of methoxy groups -OCH3 is 1. The predicted octanol–water partition coefficient (Wildman–Crippen LogP) is 2.22. The Bertz CT molecular complexity index is 1160. The molecule has 0 saturated heterocycles. The van der Waals surface area contributed by atoms with Crippen LogP contribution in [0.15, 0.2) is 53.1 Å². The average molecular weight is 461 g/mol. The third-order valence-corrected chi connectivity index (χ3v) is 5.82. The second-order valence-electron chi connectivity index (χ2n) is 6.94. The first kappa shape index (κ1) is 23.1. The van der Waals surface area contributed by atoms with Crippen molar-refractivity contribution in [1.82, 2.24) is 15.5 Å². The highest BCUT2D eigenvalue weighted by atomic mass is 32.2. The van der Waals surface area contributed by atoms with Gasteiger partial charge < -0.3 is 19.3 Å². The smallest absolute Gasteiger partial charge is 0.261 e. The van der Waals surface area contributed by atoms with Crippen LogP contribution in [0.1, 0.15) is 12.8 Å². The molecule has 1 aromatic heterocycles. The van der Waals surface area contributed by atoms with Gasteiger partial charge in [0.15, 0.2) is 6.10 Å². The number of benzene rings is 2. The van der Waals surface area contributed by atoms with Gasteiger partial charge in [-0.25, -0.2) is 8.42 Å². The number of hydrogen-bond donors (Lipinski definition) is 1. The summed E-state index contributed by atoms with van der Waals surface area (Å²) in [7, 11) is -0.313. The normalized spacial score (nSPS) is 12.1. The Kier molecular flexibility index (Phi) is 6.98. The van der Waals surface area contributed by atoms with Gasteiger partial charge in [0.25, 0.3) is 5.91 Å². The Morgan fingerprint density at radius 3 is 2.34 bits per heavy atom. The van der Waals surface area contributed by atoms with Crippen molar-refractivity contribution < 1.29 is 27.2 Å². The molecule has 0 fully saturated rings. The van der Waals surface area contributed by atoms with Crippen LogP contribution in [-0.2, 0) is 21.4 Å². The molecule has 0 spiro atoms. The Morgan fingerprint density at radius 1 is 1.12 bits per heavy atom. The van der Waals surface area contributed by atoms with Crippen molar-refractivity contribution in [3.05, 3.63) is 54.4 Å². The van der Waals surface area contributed by atoms with Crippen molar-refractivity contribution in [3.8, 4) is 22.9 Å². The summed E-state index contributed by atoms with van der Waals surface area (Å²) in [5.74, 6) is 1.44. The fraction of sp³-hybridized carbons (Fsp3) is 0.286. The summed E-state index contributed by atoms with van der Waals surface area (Å²) in [6, 6.07) is 13.6. The van der Waals surface area contributed by atoms with Crippen LogP contribution < -0.4 is 19.1 Å². The lowest BCUT2D eigenvalue weighted by Crippen LogP contribution is -2.36. The first-order valence-corrected chi connectivity index (χ1v) is 11.5. The zero-order chi connectivity index (χ0) is 23.3. The summed E-state index contributed by atoms with van der Waals surface area (Å²) >= 11 is 0. The number of carbonyl (C=O) groups is 1. The molecule has 0 unspecified atom stereocenters. The van der Waals surface area contributed by atoms with Crippen molar-refractivity contribution in [3.63, 3.8) is 0 Å². The number of amides is 1. The van der Waals surface area contributed by atoms with E-state index < -0.39 is 16.1 Å². The van der Waals surface area contributed by atoms with E-state index in [9.17, 15) is 13.2 Å². The van der Waals surface area contributed by atoms with Gasteiger partial charge >= 0.3 is 0 Å². The number of sulfonamides is 1. The van der Waals surface area contributed by atoms with Crippen LogP contribution in [0.3, 0.4) is 0 Å². The molecule has 1 N–H and O–H groups in total. The molecule has 3 rings (SSSR count). The Labute approximate surface area is 186 Å². The van der Waals surface area contributed by atoms with Crippen LogP contribution in [0.25, 0.3) is 11.4 Å². The van der Waals surface area contributed by atoms with E-state index in [-0.39, 0.29) is 18.3 Å². The third-order valence-electron chi connectivity index (χ3n) is 4.61. The molecule has 0 aliphatic heterocycles. The van der Waals surface area contributed by atoms with Gasteiger partial charge in [-0.2, -0.15) is 4.98 Å². The van der Waals surface area contributed by atoms with Gasteiger partial charge in [-0.1, -0.05) is 5.16 Å². The van der Waals surface area contributed by atoms with Gasteiger partial charge in [0, 0.05) is 12.6 Å². The third kappa shape index (κ3) is 5.76. The molecule has 0 saturated carbocycles. The van der Waals surface area contributed by atoms with Gasteiger partial charge in [0.2, 0.25) is 21.7 Å². The number of anilines is 1. The van der Waals surface area contributed by atoms with E-state index in [1.165, 1.54) is 7.05 Å². The summed E-state index contributed by atoms with van der Waals surface area (Å²) in [5, 5.41) is 6.60. The summed E-state index contributed by atoms with van der Waals surface area (Å²) in [5.41, 5.74) is 1.25. The number of ether oxygens (including phenoxy) is 2. The maximum atomic E-state index is 12.3. The quantitative estimate of drug-likeness (QED) is 0.516. The average Bonchev–Trinajstić information content (AvgIpc) is 3.26. The van der Waals surface area contributed by atoms with E-state index in [2.05, 4.69) is 15.5 Å². The monoisotopic (exact) mass is 460 g/mol. The maximum Gasteiger partial charge on any atom is 0.261 e. The van der Waals surface area contributed by atoms with Crippen molar-refractivity contribution in [1.29, 1.82) is 0 Å². The Balaban J connectivity index is 1.53. The number of carbonyl (C=O) groups excluding carboxylic acids is 1. The number of nitrogens with one attached hydrogen (secondary N) is 1. The molecule has 0 bridgehead atoms. The van der Waals surface area contributed by atoms with Crippen molar-refractivity contribution in [2.45, 2.75) is 19.6 Å². The van der Waals surface area contributed by atoms with Crippen molar-refractivity contribution in [2.24, 2.45) is 0 Å². The molecule has 0 aliphatic carbocycles. The number of aromatic nitrogens is 2. The zero-order valence-electron chi connectivity index (χ0n) is 18.1. The summed E-state index contributed by atoms with van der Waals surface area (Å²) in [6.07, 6.45) is 0.324. The highest BCUT2D eigenvalue weighted by molar-refractivity contribution is 7.92. The lowest BCUT2D eigenvalue weighted by molar-refractivity contribution is -0.127. The van der Waals surface area contributed by atoms with Crippen LogP contribution in [0.4, 0.5) is 5.69 Å². The van der Waals surface area contributed by atoms with E-state index in [0.29, 0.717) is 17.3 Å². The lowest BCUT2D eigenvalue weighted by Gasteiger charge is -2.18. The van der Waals surface area contributed by atoms with Crippen molar-refractivity contribution >= 4 is 21.6 Å². The molecule has 1 heterocycles. The SMILES string of the molecule is COc1ccc(-c2noc(CNC(=O)[C@@H](C)Oc3ccc(N(C)S(C)(=O)=O)cc3)n2)cc1. The molecule has 1 atom stereocenters. The van der Waals surface area contributed by atoms with E-state index in [1.807, 2.05) is 0 Å². The fourth-order valence-electron chi connectivity index (χ4n) is 2.67. The fourth-order valence-corrected chi connectivity index (χ4v) is 3.18. The largest absolute Gasteiger partial charge is 0.497 e. The first-order chi connectivity index (χ1) is 15.2. The van der Waals surface area contributed by atoms with Crippen LogP contribution >= 0.6 is 0 Å². The molecule has 32 heavy (non-hydrogen) atoms. The number of nitrogens with zero attached hydrogens (tertiary/aromatic N) is 3. The van der Waals surface area contributed by atoms with E-state index in [4.69, 9.17) is 14.0 Å². The van der Waals surface area contributed by atoms with Gasteiger partial charge in [-0.3, -0.25) is 9.10 Å². The molecule has 2 aromatic carbocycles. The number of hydrogen-bond acceptors (Lipinski definition) is 8. The molecule has 11 heteroatoms. The lowest BCUT2D eigenvalue weighted by atomic mass is 10.2. The molecular weight excluding hydrogens is 436 g/mol. The Hall–Kier alpha value is -3.60. The minimum atomic E-state index is -3.36. The molecule has 170 valence electrons. The van der Waals surface area contributed by atoms with Gasteiger partial charge in [-0.05, 0) is 55.5 Å². The van der Waals surface area contributed by atoms with E-state index in [1.54, 1.807) is 62.6 Å². The summed E-state index contributed by atoms with van der Waals surface area (Å²) in [6.45, 7) is 1.65. The molecular formula is C21H24N4O6S. The summed E-state index contributed by atoms with van der Waals surface area (Å²) in [4.78, 5) is 16.6. The highest BCUT2D eigenvalue weighted by Gasteiger charge is 2.17. The molecule has 3 aromatic rings. The van der Waals surface area contributed by atoms with Gasteiger partial charge in [0.05, 0.1) is 25.6 Å². The van der Waals surface area contributed by atoms with Crippen molar-refractivity contribution in [2.75, 3.05) is 24.7 Å². The highest BCUT2D eigenvalue weighted by Crippen LogP contribution is 2.21. The summed E-state index contributed by atoms with van der Waals surface area (Å²) < 4.78 is 40.3. The van der Waals surface area contributed by atoms with Crippen LogP contribution in [-0.4, -0.2) is 51.0 Å². The zero-order valence-corrected chi connectivity index (χ0v) is 18.9. The second kappa shape index (κ2) is 9.69. The maximum absolute atomic E-state index is 12.3. The second-order valence-corrected chi connectivity index (χ2v) is 8.96. The molecule has 10 nitrogen and oxygen atoms in total. The topological polar surface area (TPSA) is 124 Å². The van der Waals surface area contributed by atoms with Gasteiger partial charge in [0.1, 0.15) is 11.5 Å². The minimum Gasteiger partial charge on any atom is -0.497 e.